The minimum atomic E-state index is -0.363. The number of piperidine rings is 1. The van der Waals surface area contributed by atoms with Crippen molar-refractivity contribution in [3.63, 3.8) is 0 Å². The van der Waals surface area contributed by atoms with Crippen LogP contribution in [0.25, 0.3) is 0 Å². The number of benzene rings is 1. The molecule has 0 amide bonds. The fourth-order valence-corrected chi connectivity index (χ4v) is 3.60. The number of rotatable bonds is 5. The smallest absolute Gasteiger partial charge is 0.0795 e. The molecule has 1 aliphatic rings. The van der Waals surface area contributed by atoms with Gasteiger partial charge in [-0.05, 0) is 30.9 Å². The first-order valence-corrected chi connectivity index (χ1v) is 7.67. The van der Waals surface area contributed by atoms with Gasteiger partial charge in [-0.15, -0.1) is 0 Å². The van der Waals surface area contributed by atoms with Gasteiger partial charge in [-0.3, -0.25) is 0 Å². The molecule has 1 fully saturated rings. The lowest BCUT2D eigenvalue weighted by Crippen LogP contribution is -2.54. The zero-order valence-electron chi connectivity index (χ0n) is 13.0. The van der Waals surface area contributed by atoms with E-state index in [4.69, 9.17) is 0 Å². The largest absolute Gasteiger partial charge is 0.394 e. The number of hydrogen-bond donors (Lipinski definition) is 2. The van der Waals surface area contributed by atoms with Gasteiger partial charge in [-0.25, -0.2) is 0 Å². The van der Waals surface area contributed by atoms with Crippen LogP contribution >= 0.6 is 0 Å². The molecule has 2 N–H and O–H groups in total. The lowest BCUT2D eigenvalue weighted by molar-refractivity contribution is 0.0706. The molecule has 0 aromatic heterocycles. The lowest BCUT2D eigenvalue weighted by atomic mass is 9.86. The Balaban J connectivity index is 2.17. The Morgan fingerprint density at radius 3 is 2.30 bits per heavy atom. The summed E-state index contributed by atoms with van der Waals surface area (Å²) in [5, 5.41) is 13.4. The van der Waals surface area contributed by atoms with Crippen molar-refractivity contribution in [2.24, 2.45) is 11.8 Å². The van der Waals surface area contributed by atoms with E-state index in [1.807, 2.05) is 25.2 Å². The molecule has 0 bridgehead atoms. The zero-order chi connectivity index (χ0) is 14.6. The quantitative estimate of drug-likeness (QED) is 0.864. The van der Waals surface area contributed by atoms with Gasteiger partial charge in [0.2, 0.25) is 0 Å². The van der Waals surface area contributed by atoms with Crippen LogP contribution in [0.15, 0.2) is 30.3 Å². The van der Waals surface area contributed by atoms with E-state index in [2.05, 4.69) is 36.2 Å². The number of aliphatic hydroxyl groups is 1. The van der Waals surface area contributed by atoms with Crippen LogP contribution in [0, 0.1) is 11.8 Å². The molecule has 0 saturated carbocycles. The van der Waals surface area contributed by atoms with E-state index in [-0.39, 0.29) is 12.1 Å². The maximum absolute atomic E-state index is 10.0. The average Bonchev–Trinajstić information content (AvgIpc) is 2.45. The van der Waals surface area contributed by atoms with Crippen LogP contribution in [-0.4, -0.2) is 43.3 Å². The molecule has 3 heteroatoms. The van der Waals surface area contributed by atoms with Crippen LogP contribution in [0.1, 0.15) is 25.8 Å². The predicted molar refractivity (Wildman–Crippen MR) is 83.7 cm³/mol. The number of likely N-dealkylation sites (tertiary alicyclic amines) is 1. The average molecular weight is 276 g/mol. The summed E-state index contributed by atoms with van der Waals surface area (Å²) in [7, 11) is 1.94. The molecule has 0 aliphatic carbocycles. The number of hydrogen-bond acceptors (Lipinski definition) is 3. The first-order chi connectivity index (χ1) is 9.59. The van der Waals surface area contributed by atoms with Crippen LogP contribution in [0.5, 0.6) is 0 Å². The van der Waals surface area contributed by atoms with E-state index >= 15 is 0 Å². The SMILES string of the molecule is CNC(CO)(CN1CC(C)CC(C)C1)c1ccccc1. The molecule has 0 spiro atoms. The minimum Gasteiger partial charge on any atom is -0.394 e. The summed E-state index contributed by atoms with van der Waals surface area (Å²) in [5.74, 6) is 1.48. The molecule has 0 radical (unpaired) electrons. The van der Waals surface area contributed by atoms with E-state index in [0.29, 0.717) is 0 Å². The van der Waals surface area contributed by atoms with Gasteiger partial charge in [0.05, 0.1) is 12.1 Å². The normalized spacial score (nSPS) is 27.2. The van der Waals surface area contributed by atoms with Crippen molar-refractivity contribution in [2.45, 2.75) is 25.8 Å². The third-order valence-corrected chi connectivity index (χ3v) is 4.51. The highest BCUT2D eigenvalue weighted by molar-refractivity contribution is 5.25. The van der Waals surface area contributed by atoms with Crippen molar-refractivity contribution >= 4 is 0 Å². The van der Waals surface area contributed by atoms with Gasteiger partial charge in [-0.1, -0.05) is 44.2 Å². The van der Waals surface area contributed by atoms with E-state index in [9.17, 15) is 5.11 Å². The molecule has 1 aromatic carbocycles. The first kappa shape index (κ1) is 15.5. The fraction of sp³-hybridized carbons (Fsp3) is 0.647. The highest BCUT2D eigenvalue weighted by atomic mass is 16.3. The van der Waals surface area contributed by atoms with Gasteiger partial charge >= 0.3 is 0 Å². The predicted octanol–water partition coefficient (Wildman–Crippen LogP) is 2.07. The third-order valence-electron chi connectivity index (χ3n) is 4.51. The van der Waals surface area contributed by atoms with E-state index in [0.717, 1.165) is 37.0 Å². The molecule has 3 atom stereocenters. The number of nitrogens with one attached hydrogen (secondary N) is 1. The monoisotopic (exact) mass is 276 g/mol. The molecule has 2 rings (SSSR count). The van der Waals surface area contributed by atoms with Crippen molar-refractivity contribution in [3.8, 4) is 0 Å². The second-order valence-corrected chi connectivity index (χ2v) is 6.50. The van der Waals surface area contributed by atoms with Gasteiger partial charge in [0.15, 0.2) is 0 Å². The Hall–Kier alpha value is -0.900. The summed E-state index contributed by atoms with van der Waals surface area (Å²) in [5.41, 5.74) is 0.800. The third kappa shape index (κ3) is 3.40. The summed E-state index contributed by atoms with van der Waals surface area (Å²) in [4.78, 5) is 2.50. The van der Waals surface area contributed by atoms with Crippen molar-refractivity contribution in [1.82, 2.24) is 10.2 Å². The Morgan fingerprint density at radius 2 is 1.80 bits per heavy atom. The number of aliphatic hydroxyl groups excluding tert-OH is 1. The van der Waals surface area contributed by atoms with Crippen molar-refractivity contribution in [1.29, 1.82) is 0 Å². The highest BCUT2D eigenvalue weighted by Crippen LogP contribution is 2.26. The molecular weight excluding hydrogens is 248 g/mol. The van der Waals surface area contributed by atoms with Crippen molar-refractivity contribution < 1.29 is 5.11 Å². The lowest BCUT2D eigenvalue weighted by Gasteiger charge is -2.42. The molecule has 1 aliphatic heterocycles. The van der Waals surface area contributed by atoms with Gasteiger partial charge in [-0.2, -0.15) is 0 Å². The van der Waals surface area contributed by atoms with Crippen molar-refractivity contribution in [2.75, 3.05) is 33.3 Å². The van der Waals surface area contributed by atoms with Gasteiger partial charge in [0, 0.05) is 19.6 Å². The molecule has 1 aromatic rings. The second-order valence-electron chi connectivity index (χ2n) is 6.50. The Kier molecular flexibility index (Phi) is 5.19. The van der Waals surface area contributed by atoms with Crippen LogP contribution in [0.4, 0.5) is 0 Å². The van der Waals surface area contributed by atoms with Gasteiger partial charge in [0.25, 0.3) is 0 Å². The molecule has 3 nitrogen and oxygen atoms in total. The topological polar surface area (TPSA) is 35.5 Å². The Morgan fingerprint density at radius 1 is 1.20 bits per heavy atom. The summed E-state index contributed by atoms with van der Waals surface area (Å²) >= 11 is 0. The van der Waals surface area contributed by atoms with E-state index in [1.54, 1.807) is 0 Å². The van der Waals surface area contributed by atoms with Crippen LogP contribution in [0.3, 0.4) is 0 Å². The first-order valence-electron chi connectivity index (χ1n) is 7.67. The van der Waals surface area contributed by atoms with Crippen LogP contribution < -0.4 is 5.32 Å². The molecule has 3 unspecified atom stereocenters. The molecule has 20 heavy (non-hydrogen) atoms. The second kappa shape index (κ2) is 6.70. The number of nitrogens with zero attached hydrogens (tertiary/aromatic N) is 1. The van der Waals surface area contributed by atoms with Gasteiger partial charge < -0.3 is 15.3 Å². The van der Waals surface area contributed by atoms with Crippen molar-refractivity contribution in [3.05, 3.63) is 35.9 Å². The van der Waals surface area contributed by atoms with Crippen LogP contribution in [-0.2, 0) is 5.54 Å². The standard InChI is InChI=1S/C17H28N2O/c1-14-9-15(2)11-19(10-14)12-17(13-20,18-3)16-7-5-4-6-8-16/h4-8,14-15,18,20H,9-13H2,1-3H3. The maximum atomic E-state index is 10.0. The summed E-state index contributed by atoms with van der Waals surface area (Å²) < 4.78 is 0. The molecule has 1 saturated heterocycles. The van der Waals surface area contributed by atoms with Gasteiger partial charge in [0.1, 0.15) is 0 Å². The molecular formula is C17H28N2O. The highest BCUT2D eigenvalue weighted by Gasteiger charge is 2.34. The van der Waals surface area contributed by atoms with E-state index < -0.39 is 0 Å². The summed E-state index contributed by atoms with van der Waals surface area (Å²) in [6.45, 7) is 7.88. The number of likely N-dealkylation sites (N-methyl/N-ethyl adjacent to an activating group) is 1. The summed E-state index contributed by atoms with van der Waals surface area (Å²) in [6, 6.07) is 10.3. The Bertz CT molecular complexity index is 393. The zero-order valence-corrected chi connectivity index (χ0v) is 13.0. The van der Waals surface area contributed by atoms with Crippen LogP contribution in [0.2, 0.25) is 0 Å². The minimum absolute atomic E-state index is 0.118. The molecule has 1 heterocycles. The Labute approximate surface area is 123 Å². The fourth-order valence-electron chi connectivity index (χ4n) is 3.60. The summed E-state index contributed by atoms with van der Waals surface area (Å²) in [6.07, 6.45) is 1.31. The maximum Gasteiger partial charge on any atom is 0.0795 e. The molecule has 112 valence electrons. The van der Waals surface area contributed by atoms with E-state index in [1.165, 1.54) is 6.42 Å².